The predicted octanol–water partition coefficient (Wildman–Crippen LogP) is 2.36. The van der Waals surface area contributed by atoms with Gasteiger partial charge in [-0.25, -0.2) is 0 Å². The first-order valence-electron chi connectivity index (χ1n) is 11.2. The Kier molecular flexibility index (Phi) is 5.88. The molecule has 3 aliphatic rings. The van der Waals surface area contributed by atoms with Gasteiger partial charge in [0.05, 0.1) is 25.2 Å². The van der Waals surface area contributed by atoms with Gasteiger partial charge in [-0.1, -0.05) is 13.8 Å². The van der Waals surface area contributed by atoms with Gasteiger partial charge in [0.2, 0.25) is 0 Å². The molecule has 2 heterocycles. The van der Waals surface area contributed by atoms with Crippen LogP contribution in [0.2, 0.25) is 0 Å². The highest BCUT2D eigenvalue weighted by Gasteiger charge is 2.68. The summed E-state index contributed by atoms with van der Waals surface area (Å²) in [6.45, 7) is 4.93. The number of hydrogen-bond acceptors (Lipinski definition) is 9. The van der Waals surface area contributed by atoms with E-state index < -0.39 is 64.8 Å². The van der Waals surface area contributed by atoms with Crippen LogP contribution in [0.25, 0.3) is 0 Å². The van der Waals surface area contributed by atoms with Crippen LogP contribution in [0.1, 0.15) is 58.3 Å². The van der Waals surface area contributed by atoms with Crippen molar-refractivity contribution in [2.24, 2.45) is 28.6 Å². The van der Waals surface area contributed by atoms with Gasteiger partial charge in [0.15, 0.2) is 11.9 Å². The van der Waals surface area contributed by atoms with E-state index in [4.69, 9.17) is 18.6 Å². The fraction of sp³-hybridized carbons (Fsp3) is 0.667. The number of cyclic esters (lactones) is 1. The summed E-state index contributed by atoms with van der Waals surface area (Å²) < 4.78 is 21.3. The molecule has 33 heavy (non-hydrogen) atoms. The van der Waals surface area contributed by atoms with Crippen LogP contribution in [-0.2, 0) is 33.4 Å². The number of esters is 3. The molecule has 2 aliphatic carbocycles. The van der Waals surface area contributed by atoms with Crippen molar-refractivity contribution in [2.45, 2.75) is 64.8 Å². The van der Waals surface area contributed by atoms with Gasteiger partial charge < -0.3 is 23.7 Å². The van der Waals surface area contributed by atoms with Gasteiger partial charge in [-0.15, -0.1) is 0 Å². The zero-order chi connectivity index (χ0) is 24.1. The van der Waals surface area contributed by atoms with Crippen molar-refractivity contribution in [1.29, 1.82) is 0 Å². The number of carbonyl (C=O) groups excluding carboxylic acids is 4. The molecule has 2 saturated carbocycles. The topological polar surface area (TPSA) is 129 Å². The van der Waals surface area contributed by atoms with Crippen LogP contribution in [0.4, 0.5) is 0 Å². The molecule has 180 valence electrons. The van der Waals surface area contributed by atoms with E-state index in [2.05, 4.69) is 0 Å². The van der Waals surface area contributed by atoms with Crippen LogP contribution in [0.3, 0.4) is 0 Å². The molecule has 1 aromatic heterocycles. The number of hydrogen-bond donors (Lipinski definition) is 1. The summed E-state index contributed by atoms with van der Waals surface area (Å²) in [6, 6.07) is 3.22. The Morgan fingerprint density at radius 3 is 2.58 bits per heavy atom. The van der Waals surface area contributed by atoms with E-state index >= 15 is 0 Å². The van der Waals surface area contributed by atoms with Crippen molar-refractivity contribution in [3.05, 3.63) is 24.2 Å². The number of rotatable bonds is 4. The van der Waals surface area contributed by atoms with Gasteiger partial charge in [0.1, 0.15) is 18.0 Å². The summed E-state index contributed by atoms with van der Waals surface area (Å²) in [7, 11) is 1.29. The lowest BCUT2D eigenvalue weighted by Crippen LogP contribution is -2.65. The van der Waals surface area contributed by atoms with Crippen molar-refractivity contribution in [1.82, 2.24) is 0 Å². The van der Waals surface area contributed by atoms with E-state index in [1.807, 2.05) is 13.8 Å². The monoisotopic (exact) mass is 462 g/mol. The van der Waals surface area contributed by atoms with Gasteiger partial charge in [-0.3, -0.25) is 19.2 Å². The maximum Gasteiger partial charge on any atom is 0.309 e. The van der Waals surface area contributed by atoms with Crippen molar-refractivity contribution in [3.63, 3.8) is 0 Å². The number of methoxy groups -OCH3 is 1. The Morgan fingerprint density at radius 2 is 1.97 bits per heavy atom. The SMILES string of the molecule is COC(=O)C1CC(OC(C)=O)C(=O)C2C1(C)CCC1C(=O)OC(C(O)c3ccco3)CC12C. The molecule has 1 N–H and O–H groups in total. The quantitative estimate of drug-likeness (QED) is 0.529. The lowest BCUT2D eigenvalue weighted by atomic mass is 9.43. The lowest BCUT2D eigenvalue weighted by molar-refractivity contribution is -0.216. The summed E-state index contributed by atoms with van der Waals surface area (Å²) >= 11 is 0. The number of fused-ring (bicyclic) bond motifs is 3. The first-order chi connectivity index (χ1) is 15.5. The highest BCUT2D eigenvalue weighted by molar-refractivity contribution is 5.93. The molecule has 9 heteroatoms. The lowest BCUT2D eigenvalue weighted by Gasteiger charge is -2.61. The summed E-state index contributed by atoms with van der Waals surface area (Å²) in [5.41, 5.74) is -1.73. The van der Waals surface area contributed by atoms with Crippen molar-refractivity contribution >= 4 is 23.7 Å². The molecule has 1 aliphatic heterocycles. The molecule has 0 aromatic carbocycles. The van der Waals surface area contributed by atoms with E-state index in [1.54, 1.807) is 12.1 Å². The largest absolute Gasteiger partial charge is 0.469 e. The number of ether oxygens (including phenoxy) is 3. The van der Waals surface area contributed by atoms with Gasteiger partial charge in [0, 0.05) is 19.3 Å². The molecule has 3 fully saturated rings. The fourth-order valence-electron chi connectivity index (χ4n) is 6.68. The zero-order valence-electron chi connectivity index (χ0n) is 19.2. The predicted molar refractivity (Wildman–Crippen MR) is 111 cm³/mol. The van der Waals surface area contributed by atoms with E-state index in [0.29, 0.717) is 12.8 Å². The maximum absolute atomic E-state index is 13.8. The van der Waals surface area contributed by atoms with Crippen LogP contribution < -0.4 is 0 Å². The van der Waals surface area contributed by atoms with Gasteiger partial charge in [-0.05, 0) is 42.2 Å². The van der Waals surface area contributed by atoms with Crippen LogP contribution in [0, 0.1) is 28.6 Å². The summed E-state index contributed by atoms with van der Waals surface area (Å²) in [6.07, 6.45) is -0.700. The average Bonchev–Trinajstić information content (AvgIpc) is 3.28. The Balaban J connectivity index is 1.76. The molecule has 1 aromatic rings. The standard InChI is InChI=1S/C24H30O9/c1-12(25)32-16-10-14(21(28)30-4)23(2)8-7-13-22(29)33-17(18(26)15-6-5-9-31-15)11-24(13,3)20(23)19(16)27/h5-6,9,13-14,16-18,20,26H,7-8,10-11H2,1-4H3. The normalized spacial score (nSPS) is 39.0. The number of aliphatic hydroxyl groups is 1. The molecule has 9 nitrogen and oxygen atoms in total. The van der Waals surface area contributed by atoms with E-state index in [1.165, 1.54) is 20.3 Å². The minimum Gasteiger partial charge on any atom is -0.469 e. The minimum atomic E-state index is -1.20. The van der Waals surface area contributed by atoms with Crippen LogP contribution in [0.5, 0.6) is 0 Å². The Bertz CT molecular complexity index is 953. The van der Waals surface area contributed by atoms with Crippen molar-refractivity contribution in [2.75, 3.05) is 7.11 Å². The molecule has 0 bridgehead atoms. The second kappa shape index (κ2) is 8.27. The number of Topliss-reactive ketones (excluding diaryl/α,β-unsaturated/α-hetero) is 1. The number of ketones is 1. The van der Waals surface area contributed by atoms with Crippen molar-refractivity contribution < 1.29 is 42.9 Å². The molecule has 4 rings (SSSR count). The summed E-state index contributed by atoms with van der Waals surface area (Å²) in [4.78, 5) is 51.4. The average molecular weight is 462 g/mol. The molecule has 8 unspecified atom stereocenters. The maximum atomic E-state index is 13.8. The number of aliphatic hydroxyl groups excluding tert-OH is 1. The summed E-state index contributed by atoms with van der Waals surface area (Å²) in [5, 5.41) is 10.8. The van der Waals surface area contributed by atoms with E-state index in [-0.39, 0.29) is 24.4 Å². The molecule has 1 saturated heterocycles. The Labute approximate surface area is 191 Å². The first-order valence-corrected chi connectivity index (χ1v) is 11.2. The number of carbonyl (C=O) groups is 4. The van der Waals surface area contributed by atoms with Gasteiger partial charge in [-0.2, -0.15) is 0 Å². The second-order valence-corrected chi connectivity index (χ2v) is 9.99. The first kappa shape index (κ1) is 23.5. The third kappa shape index (κ3) is 3.66. The van der Waals surface area contributed by atoms with E-state index in [9.17, 15) is 24.3 Å². The highest BCUT2D eigenvalue weighted by atomic mass is 16.6. The van der Waals surface area contributed by atoms with Gasteiger partial charge in [0.25, 0.3) is 0 Å². The third-order valence-electron chi connectivity index (χ3n) is 8.11. The molecular formula is C24H30O9. The molecule has 0 radical (unpaired) electrons. The number of furan rings is 1. The Hall–Kier alpha value is -2.68. The second-order valence-electron chi connectivity index (χ2n) is 9.99. The molecule has 0 amide bonds. The fourth-order valence-corrected chi connectivity index (χ4v) is 6.68. The minimum absolute atomic E-state index is 0.0434. The van der Waals surface area contributed by atoms with E-state index in [0.717, 1.165) is 0 Å². The van der Waals surface area contributed by atoms with Crippen LogP contribution in [0.15, 0.2) is 22.8 Å². The Morgan fingerprint density at radius 1 is 1.24 bits per heavy atom. The molecule has 8 atom stereocenters. The summed E-state index contributed by atoms with van der Waals surface area (Å²) in [5.74, 6) is -3.67. The third-order valence-corrected chi connectivity index (χ3v) is 8.11. The highest BCUT2D eigenvalue weighted by Crippen LogP contribution is 2.64. The van der Waals surface area contributed by atoms with Crippen LogP contribution in [-0.4, -0.2) is 48.1 Å². The smallest absolute Gasteiger partial charge is 0.309 e. The van der Waals surface area contributed by atoms with Gasteiger partial charge >= 0.3 is 17.9 Å². The molecule has 0 spiro atoms. The van der Waals surface area contributed by atoms with Crippen molar-refractivity contribution in [3.8, 4) is 0 Å². The van der Waals surface area contributed by atoms with Crippen LogP contribution >= 0.6 is 0 Å². The zero-order valence-corrected chi connectivity index (χ0v) is 19.2. The molecular weight excluding hydrogens is 432 g/mol.